The van der Waals surface area contributed by atoms with Crippen molar-refractivity contribution in [3.8, 4) is 6.07 Å². The molecule has 0 aliphatic rings. The number of nitrogens with zero attached hydrogens (tertiary/aromatic N) is 1. The molecule has 4 nitrogen and oxygen atoms in total. The zero-order chi connectivity index (χ0) is 15.4. The van der Waals surface area contributed by atoms with Gasteiger partial charge in [0.15, 0.2) is 0 Å². The van der Waals surface area contributed by atoms with E-state index in [0.29, 0.717) is 6.42 Å². The van der Waals surface area contributed by atoms with Crippen molar-refractivity contribution in [2.45, 2.75) is 46.1 Å². The number of nitriles is 1. The Morgan fingerprint density at radius 2 is 2.19 bits per heavy atom. The molecule has 0 fully saturated rings. The number of rotatable bonds is 5. The number of hydrogen-bond donors (Lipinski definition) is 1. The van der Waals surface area contributed by atoms with Crippen LogP contribution in [0.2, 0.25) is 0 Å². The molecule has 0 aliphatic carbocycles. The summed E-state index contributed by atoms with van der Waals surface area (Å²) >= 11 is 0. The van der Waals surface area contributed by atoms with Gasteiger partial charge in [0.05, 0.1) is 18.8 Å². The predicted octanol–water partition coefficient (Wildman–Crippen LogP) is 3.40. The first kappa shape index (κ1) is 15.1. The molecule has 4 heteroatoms. The van der Waals surface area contributed by atoms with E-state index in [2.05, 4.69) is 11.4 Å². The van der Waals surface area contributed by atoms with E-state index < -0.39 is 6.04 Å². The lowest BCUT2D eigenvalue weighted by Gasteiger charge is -2.09. The van der Waals surface area contributed by atoms with Crippen molar-refractivity contribution < 1.29 is 9.21 Å². The second-order valence-corrected chi connectivity index (χ2v) is 5.36. The second kappa shape index (κ2) is 6.45. The summed E-state index contributed by atoms with van der Waals surface area (Å²) in [6.45, 7) is 6.04. The third-order valence-electron chi connectivity index (χ3n) is 3.76. The van der Waals surface area contributed by atoms with Crippen molar-refractivity contribution in [2.24, 2.45) is 0 Å². The fourth-order valence-corrected chi connectivity index (χ4v) is 2.40. The Kier molecular flexibility index (Phi) is 4.64. The first-order valence-corrected chi connectivity index (χ1v) is 7.22. The van der Waals surface area contributed by atoms with Crippen molar-refractivity contribution in [3.63, 3.8) is 0 Å². The Morgan fingerprint density at radius 3 is 2.86 bits per heavy atom. The highest BCUT2D eigenvalue weighted by Crippen LogP contribution is 2.26. The highest BCUT2D eigenvalue weighted by molar-refractivity contribution is 5.89. The van der Waals surface area contributed by atoms with Gasteiger partial charge in [-0.2, -0.15) is 5.26 Å². The highest BCUT2D eigenvalue weighted by atomic mass is 16.3. The summed E-state index contributed by atoms with van der Waals surface area (Å²) in [7, 11) is 0. The van der Waals surface area contributed by atoms with Crippen LogP contribution in [0.1, 0.15) is 36.5 Å². The van der Waals surface area contributed by atoms with Gasteiger partial charge in [-0.15, -0.1) is 0 Å². The summed E-state index contributed by atoms with van der Waals surface area (Å²) in [5.41, 5.74) is 3.96. The number of carbonyl (C=O) groups is 1. The standard InChI is InChI=1S/C17H20N2O2/c1-4-5-14(9-18)19-16(20)8-13-10-21-17-12(3)11(2)6-7-15(13)17/h6-7,10,14H,4-5,8H2,1-3H3,(H,19,20)/t14-/m0/s1. The van der Waals surface area contributed by atoms with E-state index in [1.54, 1.807) is 6.26 Å². The monoisotopic (exact) mass is 284 g/mol. The molecule has 2 rings (SSSR count). The van der Waals surface area contributed by atoms with Crippen LogP contribution in [0.4, 0.5) is 0 Å². The lowest BCUT2D eigenvalue weighted by molar-refractivity contribution is -0.120. The number of furan rings is 1. The van der Waals surface area contributed by atoms with Gasteiger partial charge in [-0.1, -0.05) is 25.5 Å². The topological polar surface area (TPSA) is 66.0 Å². The molecule has 1 amide bonds. The number of amides is 1. The van der Waals surface area contributed by atoms with E-state index in [1.165, 1.54) is 5.56 Å². The van der Waals surface area contributed by atoms with Crippen LogP contribution in [0, 0.1) is 25.2 Å². The van der Waals surface area contributed by atoms with Gasteiger partial charge in [-0.25, -0.2) is 0 Å². The number of carbonyl (C=O) groups excluding carboxylic acids is 1. The average molecular weight is 284 g/mol. The van der Waals surface area contributed by atoms with Crippen molar-refractivity contribution in [3.05, 3.63) is 35.1 Å². The van der Waals surface area contributed by atoms with Gasteiger partial charge in [-0.05, 0) is 31.4 Å². The number of nitrogens with one attached hydrogen (secondary N) is 1. The van der Waals surface area contributed by atoms with Crippen molar-refractivity contribution in [1.82, 2.24) is 5.32 Å². The summed E-state index contributed by atoms with van der Waals surface area (Å²) in [6, 6.07) is 5.71. The molecule has 0 unspecified atom stereocenters. The molecule has 0 bridgehead atoms. The van der Waals surface area contributed by atoms with E-state index in [9.17, 15) is 4.79 Å². The Hall–Kier alpha value is -2.28. The minimum atomic E-state index is -0.412. The summed E-state index contributed by atoms with van der Waals surface area (Å²) in [5.74, 6) is -0.143. The maximum absolute atomic E-state index is 12.0. The van der Waals surface area contributed by atoms with E-state index in [1.807, 2.05) is 32.9 Å². The van der Waals surface area contributed by atoms with E-state index in [4.69, 9.17) is 9.68 Å². The molecule has 1 N–H and O–H groups in total. The molecular weight excluding hydrogens is 264 g/mol. The van der Waals surface area contributed by atoms with Gasteiger partial charge < -0.3 is 9.73 Å². The molecular formula is C17H20N2O2. The highest BCUT2D eigenvalue weighted by Gasteiger charge is 2.15. The van der Waals surface area contributed by atoms with Crippen molar-refractivity contribution >= 4 is 16.9 Å². The molecule has 1 heterocycles. The van der Waals surface area contributed by atoms with Gasteiger partial charge >= 0.3 is 0 Å². The largest absolute Gasteiger partial charge is 0.464 e. The first-order chi connectivity index (χ1) is 10.1. The molecule has 0 spiro atoms. The number of benzene rings is 1. The Labute approximate surface area is 124 Å². The molecule has 1 atom stereocenters. The summed E-state index contributed by atoms with van der Waals surface area (Å²) in [6.07, 6.45) is 3.41. The minimum Gasteiger partial charge on any atom is -0.464 e. The van der Waals surface area contributed by atoms with Gasteiger partial charge in [0.25, 0.3) is 0 Å². The molecule has 110 valence electrons. The van der Waals surface area contributed by atoms with Crippen LogP contribution in [0.5, 0.6) is 0 Å². The second-order valence-electron chi connectivity index (χ2n) is 5.36. The van der Waals surface area contributed by atoms with Crippen LogP contribution >= 0.6 is 0 Å². The van der Waals surface area contributed by atoms with Crippen LogP contribution in [-0.2, 0) is 11.2 Å². The fourth-order valence-electron chi connectivity index (χ4n) is 2.40. The van der Waals surface area contributed by atoms with Crippen LogP contribution < -0.4 is 5.32 Å². The molecule has 1 aromatic heterocycles. The predicted molar refractivity (Wildman–Crippen MR) is 81.8 cm³/mol. The molecule has 0 aliphatic heterocycles. The van der Waals surface area contributed by atoms with Crippen molar-refractivity contribution in [1.29, 1.82) is 5.26 Å². The molecule has 21 heavy (non-hydrogen) atoms. The quantitative estimate of drug-likeness (QED) is 0.915. The summed E-state index contributed by atoms with van der Waals surface area (Å²) < 4.78 is 5.60. The van der Waals surface area contributed by atoms with Gasteiger partial charge in [0, 0.05) is 10.9 Å². The maximum atomic E-state index is 12.0. The van der Waals surface area contributed by atoms with Crippen LogP contribution in [0.25, 0.3) is 11.0 Å². The van der Waals surface area contributed by atoms with Crippen LogP contribution in [-0.4, -0.2) is 11.9 Å². The summed E-state index contributed by atoms with van der Waals surface area (Å²) in [4.78, 5) is 12.0. The van der Waals surface area contributed by atoms with E-state index in [-0.39, 0.29) is 12.3 Å². The number of fused-ring (bicyclic) bond motifs is 1. The van der Waals surface area contributed by atoms with Crippen LogP contribution in [0.15, 0.2) is 22.8 Å². The lowest BCUT2D eigenvalue weighted by Crippen LogP contribution is -2.34. The Morgan fingerprint density at radius 1 is 1.43 bits per heavy atom. The van der Waals surface area contributed by atoms with E-state index in [0.717, 1.165) is 28.5 Å². The SMILES string of the molecule is CCC[C@@H](C#N)NC(=O)Cc1coc2c(C)c(C)ccc12. The third kappa shape index (κ3) is 3.25. The number of hydrogen-bond acceptors (Lipinski definition) is 3. The lowest BCUT2D eigenvalue weighted by atomic mass is 10.0. The van der Waals surface area contributed by atoms with Crippen molar-refractivity contribution in [2.75, 3.05) is 0 Å². The first-order valence-electron chi connectivity index (χ1n) is 7.22. The molecule has 1 aromatic carbocycles. The average Bonchev–Trinajstić information content (AvgIpc) is 2.86. The Balaban J connectivity index is 2.15. The minimum absolute atomic E-state index is 0.143. The fraction of sp³-hybridized carbons (Fsp3) is 0.412. The zero-order valence-electron chi connectivity index (χ0n) is 12.7. The van der Waals surface area contributed by atoms with Gasteiger partial charge in [-0.3, -0.25) is 4.79 Å². The Bertz CT molecular complexity index is 695. The molecule has 0 saturated carbocycles. The van der Waals surface area contributed by atoms with Crippen LogP contribution in [0.3, 0.4) is 0 Å². The van der Waals surface area contributed by atoms with E-state index >= 15 is 0 Å². The van der Waals surface area contributed by atoms with Gasteiger partial charge in [0.1, 0.15) is 11.6 Å². The maximum Gasteiger partial charge on any atom is 0.225 e. The third-order valence-corrected chi connectivity index (χ3v) is 3.76. The normalized spacial score (nSPS) is 12.1. The molecule has 0 saturated heterocycles. The summed E-state index contributed by atoms with van der Waals surface area (Å²) in [5, 5.41) is 12.7. The molecule has 2 aromatic rings. The van der Waals surface area contributed by atoms with Gasteiger partial charge in [0.2, 0.25) is 5.91 Å². The smallest absolute Gasteiger partial charge is 0.225 e. The molecule has 0 radical (unpaired) electrons. The number of aryl methyl sites for hydroxylation is 2. The zero-order valence-corrected chi connectivity index (χ0v) is 12.7.